The molecule has 6 heteroatoms. The minimum Gasteiger partial charge on any atom is -0.481 e. The predicted molar refractivity (Wildman–Crippen MR) is 98.8 cm³/mol. The summed E-state index contributed by atoms with van der Waals surface area (Å²) in [5, 5.41) is 2.97. The zero-order valence-corrected chi connectivity index (χ0v) is 14.9. The van der Waals surface area contributed by atoms with Gasteiger partial charge < -0.3 is 14.4 Å². The number of ether oxygens (including phenoxy) is 2. The van der Waals surface area contributed by atoms with E-state index in [-0.39, 0.29) is 0 Å². The van der Waals surface area contributed by atoms with E-state index < -0.39 is 0 Å². The zero-order chi connectivity index (χ0) is 17.4. The average Bonchev–Trinajstić information content (AvgIpc) is 2.66. The predicted octanol–water partition coefficient (Wildman–Crippen LogP) is 3.86. The van der Waals surface area contributed by atoms with Crippen LogP contribution in [0.25, 0.3) is 10.8 Å². The fourth-order valence-electron chi connectivity index (χ4n) is 3.38. The molecule has 1 aliphatic heterocycles. The first-order chi connectivity index (χ1) is 12.2. The van der Waals surface area contributed by atoms with Gasteiger partial charge in [0.2, 0.25) is 5.88 Å². The van der Waals surface area contributed by atoms with Crippen LogP contribution in [0.2, 0.25) is 5.02 Å². The van der Waals surface area contributed by atoms with Crippen LogP contribution in [-0.4, -0.2) is 30.7 Å². The Hall–Kier alpha value is -2.53. The second-order valence-electron chi connectivity index (χ2n) is 5.93. The first kappa shape index (κ1) is 16.0. The molecule has 0 atom stereocenters. The van der Waals surface area contributed by atoms with Gasteiger partial charge in [0.1, 0.15) is 0 Å². The number of hydrogen-bond acceptors (Lipinski definition) is 5. The molecule has 5 nitrogen and oxygen atoms in total. The highest BCUT2D eigenvalue weighted by Gasteiger charge is 2.24. The summed E-state index contributed by atoms with van der Waals surface area (Å²) in [6, 6.07) is 12.6. The Morgan fingerprint density at radius 3 is 2.60 bits per heavy atom. The van der Waals surface area contributed by atoms with Gasteiger partial charge in [-0.1, -0.05) is 35.9 Å². The first-order valence-electron chi connectivity index (χ1n) is 8.11. The Bertz CT molecular complexity index is 940. The van der Waals surface area contributed by atoms with Gasteiger partial charge in [-0.3, -0.25) is 0 Å². The van der Waals surface area contributed by atoms with Crippen LogP contribution in [-0.2, 0) is 13.0 Å². The standard InChI is InChI=1S/C19H18ClN3O2/c1-24-18-13-9-10-23(11-15(13)21-19(22-18)25-2)16-8-4-6-12-5-3-7-14(20)17(12)16/h3-8H,9-11H2,1-2H3. The molecule has 4 rings (SSSR count). The van der Waals surface area contributed by atoms with Crippen molar-refractivity contribution in [1.29, 1.82) is 0 Å². The Morgan fingerprint density at radius 1 is 1.04 bits per heavy atom. The number of aromatic nitrogens is 2. The van der Waals surface area contributed by atoms with Crippen molar-refractivity contribution in [3.8, 4) is 11.9 Å². The SMILES string of the molecule is COc1nc2c(c(OC)n1)CCN(c1cccc3cccc(Cl)c13)C2. The number of nitrogens with zero attached hydrogens (tertiary/aromatic N) is 3. The molecular weight excluding hydrogens is 338 g/mol. The van der Waals surface area contributed by atoms with Crippen molar-refractivity contribution >= 4 is 28.1 Å². The lowest BCUT2D eigenvalue weighted by atomic mass is 10.0. The van der Waals surface area contributed by atoms with E-state index in [1.165, 1.54) is 0 Å². The molecule has 0 radical (unpaired) electrons. The van der Waals surface area contributed by atoms with E-state index in [0.29, 0.717) is 18.4 Å². The molecule has 0 bridgehead atoms. The van der Waals surface area contributed by atoms with E-state index >= 15 is 0 Å². The van der Waals surface area contributed by atoms with Crippen LogP contribution in [0.3, 0.4) is 0 Å². The molecule has 2 heterocycles. The summed E-state index contributed by atoms with van der Waals surface area (Å²) in [4.78, 5) is 11.1. The Kier molecular flexibility index (Phi) is 4.09. The smallest absolute Gasteiger partial charge is 0.319 e. The van der Waals surface area contributed by atoms with Crippen LogP contribution < -0.4 is 14.4 Å². The molecule has 0 amide bonds. The summed E-state index contributed by atoms with van der Waals surface area (Å²) in [6.07, 6.45) is 0.809. The van der Waals surface area contributed by atoms with Crippen LogP contribution in [0.1, 0.15) is 11.3 Å². The molecular formula is C19H18ClN3O2. The molecule has 0 spiro atoms. The summed E-state index contributed by atoms with van der Waals surface area (Å²) < 4.78 is 10.6. The fourth-order valence-corrected chi connectivity index (χ4v) is 3.66. The maximum Gasteiger partial charge on any atom is 0.319 e. The highest BCUT2D eigenvalue weighted by atomic mass is 35.5. The van der Waals surface area contributed by atoms with Crippen molar-refractivity contribution in [3.05, 3.63) is 52.7 Å². The monoisotopic (exact) mass is 355 g/mol. The van der Waals surface area contributed by atoms with Gasteiger partial charge in [0, 0.05) is 23.2 Å². The van der Waals surface area contributed by atoms with E-state index in [4.69, 9.17) is 21.1 Å². The molecule has 2 aromatic carbocycles. The molecule has 0 unspecified atom stereocenters. The third-order valence-corrected chi connectivity index (χ3v) is 4.87. The van der Waals surface area contributed by atoms with Crippen LogP contribution in [0.4, 0.5) is 5.69 Å². The number of rotatable bonds is 3. The number of fused-ring (bicyclic) bond motifs is 2. The molecule has 0 N–H and O–H groups in total. The Morgan fingerprint density at radius 2 is 1.84 bits per heavy atom. The number of anilines is 1. The third kappa shape index (κ3) is 2.74. The largest absolute Gasteiger partial charge is 0.481 e. The molecule has 128 valence electrons. The lowest BCUT2D eigenvalue weighted by Crippen LogP contribution is -2.32. The van der Waals surface area contributed by atoms with Gasteiger partial charge in [0.05, 0.1) is 31.5 Å². The zero-order valence-electron chi connectivity index (χ0n) is 14.1. The summed E-state index contributed by atoms with van der Waals surface area (Å²) in [7, 11) is 3.19. The first-order valence-corrected chi connectivity index (χ1v) is 8.49. The number of benzene rings is 2. The Balaban J connectivity index is 1.79. The minimum absolute atomic E-state index is 0.327. The highest BCUT2D eigenvalue weighted by Crippen LogP contribution is 2.36. The minimum atomic E-state index is 0.327. The van der Waals surface area contributed by atoms with Gasteiger partial charge >= 0.3 is 6.01 Å². The van der Waals surface area contributed by atoms with Gasteiger partial charge in [-0.05, 0) is 23.9 Å². The quantitative estimate of drug-likeness (QED) is 0.714. The lowest BCUT2D eigenvalue weighted by Gasteiger charge is -2.31. The summed E-state index contributed by atoms with van der Waals surface area (Å²) >= 11 is 6.48. The Labute approximate surface area is 151 Å². The fraction of sp³-hybridized carbons (Fsp3) is 0.263. The van der Waals surface area contributed by atoms with Crippen molar-refractivity contribution < 1.29 is 9.47 Å². The van der Waals surface area contributed by atoms with Crippen LogP contribution in [0.15, 0.2) is 36.4 Å². The van der Waals surface area contributed by atoms with Crippen molar-refractivity contribution in [2.75, 3.05) is 25.7 Å². The molecule has 0 aliphatic carbocycles. The van der Waals surface area contributed by atoms with E-state index in [0.717, 1.165) is 45.7 Å². The molecule has 0 saturated heterocycles. The van der Waals surface area contributed by atoms with Crippen LogP contribution in [0, 0.1) is 0 Å². The second kappa shape index (κ2) is 6.41. The molecule has 0 saturated carbocycles. The van der Waals surface area contributed by atoms with Gasteiger partial charge in [-0.2, -0.15) is 9.97 Å². The van der Waals surface area contributed by atoms with Crippen molar-refractivity contribution in [2.24, 2.45) is 0 Å². The molecule has 3 aromatic rings. The third-order valence-electron chi connectivity index (χ3n) is 4.56. The van der Waals surface area contributed by atoms with Gasteiger partial charge in [0.25, 0.3) is 0 Å². The van der Waals surface area contributed by atoms with Crippen molar-refractivity contribution in [1.82, 2.24) is 9.97 Å². The normalized spacial score (nSPS) is 13.6. The molecule has 0 fully saturated rings. The average molecular weight is 356 g/mol. The maximum atomic E-state index is 6.48. The van der Waals surface area contributed by atoms with E-state index in [1.54, 1.807) is 14.2 Å². The van der Waals surface area contributed by atoms with Gasteiger partial charge in [0.15, 0.2) is 0 Å². The van der Waals surface area contributed by atoms with E-state index in [1.807, 2.05) is 12.1 Å². The summed E-state index contributed by atoms with van der Waals surface area (Å²) in [5.74, 6) is 0.595. The lowest BCUT2D eigenvalue weighted by molar-refractivity contribution is 0.344. The van der Waals surface area contributed by atoms with Gasteiger partial charge in [-0.15, -0.1) is 0 Å². The van der Waals surface area contributed by atoms with Crippen molar-refractivity contribution in [3.63, 3.8) is 0 Å². The summed E-state index contributed by atoms with van der Waals surface area (Å²) in [5.41, 5.74) is 3.09. The maximum absolute atomic E-state index is 6.48. The highest BCUT2D eigenvalue weighted by molar-refractivity contribution is 6.36. The number of hydrogen-bond donors (Lipinski definition) is 0. The van der Waals surface area contributed by atoms with Crippen LogP contribution >= 0.6 is 11.6 Å². The number of halogens is 1. The van der Waals surface area contributed by atoms with Crippen LogP contribution in [0.5, 0.6) is 11.9 Å². The summed E-state index contributed by atoms with van der Waals surface area (Å²) in [6.45, 7) is 1.51. The van der Waals surface area contributed by atoms with Gasteiger partial charge in [-0.25, -0.2) is 0 Å². The molecule has 1 aromatic heterocycles. The second-order valence-corrected chi connectivity index (χ2v) is 6.34. The van der Waals surface area contributed by atoms with E-state index in [2.05, 4.69) is 39.1 Å². The topological polar surface area (TPSA) is 47.5 Å². The number of methoxy groups -OCH3 is 2. The molecule has 25 heavy (non-hydrogen) atoms. The molecule has 1 aliphatic rings. The van der Waals surface area contributed by atoms with E-state index in [9.17, 15) is 0 Å². The van der Waals surface area contributed by atoms with Crippen molar-refractivity contribution in [2.45, 2.75) is 13.0 Å².